The highest BCUT2D eigenvalue weighted by molar-refractivity contribution is 5.64. The van der Waals surface area contributed by atoms with Gasteiger partial charge in [-0.2, -0.15) is 0 Å². The van der Waals surface area contributed by atoms with Crippen molar-refractivity contribution in [3.63, 3.8) is 0 Å². The van der Waals surface area contributed by atoms with Gasteiger partial charge in [-0.3, -0.25) is 9.97 Å². The molecule has 3 heteroatoms. The molecule has 88 valence electrons. The lowest BCUT2D eigenvalue weighted by molar-refractivity contribution is 0.734. The Morgan fingerprint density at radius 1 is 0.944 bits per heavy atom. The minimum Gasteiger partial charge on any atom is -0.372 e. The van der Waals surface area contributed by atoms with E-state index in [1.165, 1.54) is 0 Å². The number of hydrogen-bond acceptors (Lipinski definition) is 3. The van der Waals surface area contributed by atoms with Crippen molar-refractivity contribution in [3.05, 3.63) is 78.4 Å². The molecule has 0 radical (unpaired) electrons. The zero-order valence-corrected chi connectivity index (χ0v) is 9.82. The Kier molecular flexibility index (Phi) is 2.88. The van der Waals surface area contributed by atoms with Gasteiger partial charge >= 0.3 is 0 Å². The second-order valence-electron chi connectivity index (χ2n) is 4.06. The van der Waals surface area contributed by atoms with Crippen molar-refractivity contribution in [1.82, 2.24) is 15.3 Å². The summed E-state index contributed by atoms with van der Waals surface area (Å²) in [7, 11) is 0. The fourth-order valence-electron chi connectivity index (χ4n) is 1.94. The molecule has 1 N–H and O–H groups in total. The van der Waals surface area contributed by atoms with E-state index in [-0.39, 0.29) is 6.04 Å². The fraction of sp³-hybridized carbons (Fsp3) is 0.0667. The largest absolute Gasteiger partial charge is 0.372 e. The van der Waals surface area contributed by atoms with Crippen LogP contribution in [0.1, 0.15) is 17.4 Å². The van der Waals surface area contributed by atoms with E-state index in [1.54, 1.807) is 6.20 Å². The lowest BCUT2D eigenvalue weighted by Crippen LogP contribution is -2.21. The van der Waals surface area contributed by atoms with Crippen LogP contribution in [0.3, 0.4) is 0 Å². The average molecular weight is 235 g/mol. The Bertz CT molecular complexity index is 573. The first-order valence-corrected chi connectivity index (χ1v) is 5.91. The van der Waals surface area contributed by atoms with Crippen molar-refractivity contribution in [2.24, 2.45) is 0 Å². The first-order chi connectivity index (χ1) is 8.93. The maximum Gasteiger partial charge on any atom is 0.0873 e. The van der Waals surface area contributed by atoms with Crippen LogP contribution in [-0.2, 0) is 0 Å². The van der Waals surface area contributed by atoms with Gasteiger partial charge in [0.1, 0.15) is 0 Å². The summed E-state index contributed by atoms with van der Waals surface area (Å²) in [5.41, 5.74) is 2.98. The van der Waals surface area contributed by atoms with Crippen LogP contribution < -0.4 is 5.32 Å². The molecular formula is C15H13N3. The summed E-state index contributed by atoms with van der Waals surface area (Å²) in [6, 6.07) is 11.9. The molecule has 1 aliphatic rings. The number of dihydropyridines is 1. The summed E-state index contributed by atoms with van der Waals surface area (Å²) in [5, 5.41) is 3.44. The van der Waals surface area contributed by atoms with Gasteiger partial charge in [0.05, 0.1) is 23.1 Å². The van der Waals surface area contributed by atoms with Crippen LogP contribution in [0.4, 0.5) is 0 Å². The Balaban J connectivity index is 1.85. The molecule has 18 heavy (non-hydrogen) atoms. The van der Waals surface area contributed by atoms with E-state index in [4.69, 9.17) is 0 Å². The smallest absolute Gasteiger partial charge is 0.0873 e. The van der Waals surface area contributed by atoms with E-state index in [9.17, 15) is 0 Å². The van der Waals surface area contributed by atoms with E-state index in [0.29, 0.717) is 0 Å². The maximum absolute atomic E-state index is 4.37. The average Bonchev–Trinajstić information content (AvgIpc) is 2.49. The molecule has 0 amide bonds. The fourth-order valence-corrected chi connectivity index (χ4v) is 1.94. The third-order valence-corrected chi connectivity index (χ3v) is 2.82. The van der Waals surface area contributed by atoms with E-state index in [2.05, 4.69) is 21.4 Å². The van der Waals surface area contributed by atoms with Crippen molar-refractivity contribution in [2.45, 2.75) is 6.04 Å². The van der Waals surface area contributed by atoms with Crippen LogP contribution in [0.15, 0.2) is 67.0 Å². The van der Waals surface area contributed by atoms with Crippen LogP contribution >= 0.6 is 0 Å². The zero-order chi connectivity index (χ0) is 12.2. The summed E-state index contributed by atoms with van der Waals surface area (Å²) < 4.78 is 0. The van der Waals surface area contributed by atoms with E-state index >= 15 is 0 Å². The SMILES string of the molecule is C1=CC(c2ccccn2)NC(c2ccccn2)=C1. The van der Waals surface area contributed by atoms with Crippen molar-refractivity contribution in [2.75, 3.05) is 0 Å². The minimum atomic E-state index is 0.105. The molecule has 3 rings (SSSR count). The Morgan fingerprint density at radius 2 is 1.78 bits per heavy atom. The monoisotopic (exact) mass is 235 g/mol. The highest BCUT2D eigenvalue weighted by atomic mass is 15.0. The van der Waals surface area contributed by atoms with Crippen molar-refractivity contribution >= 4 is 5.70 Å². The number of hydrogen-bond donors (Lipinski definition) is 1. The predicted molar refractivity (Wildman–Crippen MR) is 71.5 cm³/mol. The maximum atomic E-state index is 4.37. The molecule has 1 atom stereocenters. The number of aromatic nitrogens is 2. The molecular weight excluding hydrogens is 222 g/mol. The normalized spacial score (nSPS) is 18.0. The molecule has 0 spiro atoms. The molecule has 0 aromatic carbocycles. The van der Waals surface area contributed by atoms with Gasteiger partial charge in [-0.1, -0.05) is 24.3 Å². The summed E-state index contributed by atoms with van der Waals surface area (Å²) in [5.74, 6) is 0. The molecule has 0 saturated carbocycles. The van der Waals surface area contributed by atoms with Gasteiger partial charge in [0.15, 0.2) is 0 Å². The molecule has 1 unspecified atom stereocenters. The Hall–Kier alpha value is -2.42. The van der Waals surface area contributed by atoms with Crippen molar-refractivity contribution in [1.29, 1.82) is 0 Å². The Morgan fingerprint density at radius 3 is 2.50 bits per heavy atom. The number of pyridine rings is 2. The topological polar surface area (TPSA) is 37.8 Å². The highest BCUT2D eigenvalue weighted by Gasteiger charge is 2.14. The van der Waals surface area contributed by atoms with E-state index in [1.807, 2.05) is 54.7 Å². The van der Waals surface area contributed by atoms with Crippen molar-refractivity contribution < 1.29 is 0 Å². The summed E-state index contributed by atoms with van der Waals surface area (Å²) in [4.78, 5) is 8.71. The van der Waals surface area contributed by atoms with Crippen molar-refractivity contribution in [3.8, 4) is 0 Å². The molecule has 2 aromatic heterocycles. The van der Waals surface area contributed by atoms with Gasteiger partial charge in [-0.25, -0.2) is 0 Å². The van der Waals surface area contributed by atoms with Gasteiger partial charge in [-0.15, -0.1) is 0 Å². The van der Waals surface area contributed by atoms with Crippen LogP contribution in [0.5, 0.6) is 0 Å². The Labute approximate surface area is 106 Å². The predicted octanol–water partition coefficient (Wildman–Crippen LogP) is 2.72. The third kappa shape index (κ3) is 2.15. The third-order valence-electron chi connectivity index (χ3n) is 2.82. The lowest BCUT2D eigenvalue weighted by Gasteiger charge is -2.20. The second-order valence-corrected chi connectivity index (χ2v) is 4.06. The number of allylic oxidation sites excluding steroid dienone is 2. The lowest BCUT2D eigenvalue weighted by atomic mass is 10.1. The van der Waals surface area contributed by atoms with Crippen LogP contribution in [0.2, 0.25) is 0 Å². The summed E-state index contributed by atoms with van der Waals surface area (Å²) in [6.45, 7) is 0. The number of rotatable bonds is 2. The van der Waals surface area contributed by atoms with Gasteiger partial charge in [0.2, 0.25) is 0 Å². The molecule has 3 heterocycles. The van der Waals surface area contributed by atoms with Crippen LogP contribution in [-0.4, -0.2) is 9.97 Å². The first kappa shape index (κ1) is 10.7. The quantitative estimate of drug-likeness (QED) is 0.869. The van der Waals surface area contributed by atoms with Gasteiger partial charge < -0.3 is 5.32 Å². The second kappa shape index (κ2) is 4.84. The molecule has 0 saturated heterocycles. The van der Waals surface area contributed by atoms with Crippen LogP contribution in [0, 0.1) is 0 Å². The van der Waals surface area contributed by atoms with Gasteiger partial charge in [-0.05, 0) is 30.3 Å². The molecule has 1 aliphatic heterocycles. The standard InChI is InChI=1S/C15H13N3/c1-3-10-16-12(6-1)14-8-5-9-15(18-14)13-7-2-4-11-17-13/h1-11,14,18H. The molecule has 3 nitrogen and oxygen atoms in total. The van der Waals surface area contributed by atoms with Gasteiger partial charge in [0.25, 0.3) is 0 Å². The van der Waals surface area contributed by atoms with E-state index < -0.39 is 0 Å². The number of nitrogens with one attached hydrogen (secondary N) is 1. The first-order valence-electron chi connectivity index (χ1n) is 5.91. The highest BCUT2D eigenvalue weighted by Crippen LogP contribution is 2.21. The van der Waals surface area contributed by atoms with Gasteiger partial charge in [0, 0.05) is 12.4 Å². The molecule has 2 aromatic rings. The molecule has 0 fully saturated rings. The summed E-state index contributed by atoms with van der Waals surface area (Å²) >= 11 is 0. The minimum absolute atomic E-state index is 0.105. The zero-order valence-electron chi connectivity index (χ0n) is 9.82. The summed E-state index contributed by atoms with van der Waals surface area (Å²) in [6.07, 6.45) is 9.77. The number of nitrogens with zero attached hydrogens (tertiary/aromatic N) is 2. The van der Waals surface area contributed by atoms with E-state index in [0.717, 1.165) is 17.1 Å². The van der Waals surface area contributed by atoms with Crippen LogP contribution in [0.25, 0.3) is 5.70 Å². The molecule has 0 aliphatic carbocycles. The molecule has 0 bridgehead atoms.